The van der Waals surface area contributed by atoms with Crippen molar-refractivity contribution in [3.63, 3.8) is 0 Å². The standard InChI is InChI=1S/C31H35F4N5O4S/c32-20-44-29-14-24(45(36,41)42)10-11-27(29)37-12-2-3-23-13-25-26(4-1-5-28(25)40(23)17-31(33,34)35)38-21-6-8-22(9-7-21)39-15-30(16-39)18-43-19-30/h1,4-5,10-11,13-14,21-22,37-38H,6-9,12,15-20H2,(H2,36,41,42). The zero-order chi connectivity index (χ0) is 31.8. The summed E-state index contributed by atoms with van der Waals surface area (Å²) in [5.74, 6) is 5.56. The first kappa shape index (κ1) is 31.5. The number of rotatable bonds is 9. The van der Waals surface area contributed by atoms with Gasteiger partial charge < -0.3 is 24.7 Å². The molecule has 14 heteroatoms. The molecule has 3 aliphatic rings. The van der Waals surface area contributed by atoms with E-state index in [4.69, 9.17) is 14.6 Å². The third-order valence-electron chi connectivity index (χ3n) is 8.82. The molecule has 45 heavy (non-hydrogen) atoms. The number of hydrogen-bond donors (Lipinski definition) is 3. The van der Waals surface area contributed by atoms with Crippen molar-refractivity contribution in [1.82, 2.24) is 9.47 Å². The Bertz CT molecular complexity index is 1710. The molecule has 0 amide bonds. The first-order valence-corrected chi connectivity index (χ1v) is 16.3. The fraction of sp³-hybridized carbons (Fsp3) is 0.484. The number of aromatic nitrogens is 1. The number of likely N-dealkylation sites (tertiary alicyclic amines) is 1. The number of nitrogens with zero attached hydrogens (tertiary/aromatic N) is 2. The van der Waals surface area contributed by atoms with Crippen molar-refractivity contribution < 1.29 is 35.5 Å². The van der Waals surface area contributed by atoms with Crippen LogP contribution in [0.25, 0.3) is 10.9 Å². The number of alkyl halides is 4. The lowest BCUT2D eigenvalue weighted by Gasteiger charge is -2.58. The molecule has 0 bridgehead atoms. The minimum Gasteiger partial charge on any atom is -0.461 e. The molecule has 4 N–H and O–H groups in total. The summed E-state index contributed by atoms with van der Waals surface area (Å²) in [6.07, 6.45) is -0.352. The van der Waals surface area contributed by atoms with Crippen LogP contribution >= 0.6 is 0 Å². The average Bonchev–Trinajstić information content (AvgIpc) is 3.27. The molecule has 0 atom stereocenters. The van der Waals surface area contributed by atoms with E-state index >= 15 is 0 Å². The lowest BCUT2D eigenvalue weighted by atomic mass is 9.75. The molecule has 0 radical (unpaired) electrons. The average molecular weight is 650 g/mol. The molecule has 242 valence electrons. The van der Waals surface area contributed by atoms with Crippen LogP contribution in [-0.2, 0) is 21.3 Å². The maximum absolute atomic E-state index is 13.6. The van der Waals surface area contributed by atoms with Gasteiger partial charge in [-0.25, -0.2) is 17.9 Å². The van der Waals surface area contributed by atoms with Gasteiger partial charge in [0.15, 0.2) is 0 Å². The Hall–Kier alpha value is -3.51. The van der Waals surface area contributed by atoms with E-state index in [1.807, 2.05) is 6.07 Å². The van der Waals surface area contributed by atoms with Crippen LogP contribution in [0, 0.1) is 17.3 Å². The van der Waals surface area contributed by atoms with E-state index in [2.05, 4.69) is 27.4 Å². The molecule has 2 saturated heterocycles. The highest BCUT2D eigenvalue weighted by atomic mass is 32.2. The van der Waals surface area contributed by atoms with Crippen LogP contribution in [-0.4, -0.2) is 75.9 Å². The number of sulfonamides is 1. The SMILES string of the molecule is NS(=O)(=O)c1ccc(NCC#Cc2cc3c(NC4CCC(N5CC6(COC6)C5)CC4)cccc3n2CC(F)(F)F)c(OCF)c1. The van der Waals surface area contributed by atoms with E-state index in [0.717, 1.165) is 68.3 Å². The third-order valence-corrected chi connectivity index (χ3v) is 9.74. The fourth-order valence-corrected chi connectivity index (χ4v) is 7.12. The maximum Gasteiger partial charge on any atom is 0.406 e. The Labute approximate surface area is 259 Å². The highest BCUT2D eigenvalue weighted by molar-refractivity contribution is 7.89. The van der Waals surface area contributed by atoms with Gasteiger partial charge in [-0.1, -0.05) is 12.0 Å². The summed E-state index contributed by atoms with van der Waals surface area (Å²) < 4.78 is 88.5. The highest BCUT2D eigenvalue weighted by Gasteiger charge is 2.50. The molecule has 6 rings (SSSR count). The normalized spacial score (nSPS) is 21.4. The number of hydrogen-bond acceptors (Lipinski definition) is 7. The van der Waals surface area contributed by atoms with Crippen LogP contribution in [0.1, 0.15) is 31.4 Å². The lowest BCUT2D eigenvalue weighted by molar-refractivity contribution is -0.200. The molecule has 3 fully saturated rings. The Kier molecular flexibility index (Phi) is 8.64. The number of nitrogens with one attached hydrogen (secondary N) is 2. The molecule has 0 unspecified atom stereocenters. The topological polar surface area (TPSA) is 111 Å². The number of halogens is 4. The predicted octanol–water partition coefficient (Wildman–Crippen LogP) is 4.68. The second kappa shape index (κ2) is 12.4. The first-order valence-electron chi connectivity index (χ1n) is 14.8. The van der Waals surface area contributed by atoms with Gasteiger partial charge in [-0.2, -0.15) is 13.2 Å². The number of fused-ring (bicyclic) bond motifs is 1. The summed E-state index contributed by atoms with van der Waals surface area (Å²) >= 11 is 0. The molecule has 2 aliphatic heterocycles. The van der Waals surface area contributed by atoms with Gasteiger partial charge in [-0.05, 0) is 61.9 Å². The minimum atomic E-state index is -4.47. The number of nitrogens with two attached hydrogens (primary N) is 1. The summed E-state index contributed by atoms with van der Waals surface area (Å²) in [5.41, 5.74) is 2.03. The molecule has 1 aliphatic carbocycles. The first-order chi connectivity index (χ1) is 21.4. The molecule has 3 heterocycles. The smallest absolute Gasteiger partial charge is 0.406 e. The quantitative estimate of drug-likeness (QED) is 0.228. The summed E-state index contributed by atoms with van der Waals surface area (Å²) in [6, 6.07) is 11.4. The fourth-order valence-electron chi connectivity index (χ4n) is 6.59. The van der Waals surface area contributed by atoms with E-state index < -0.39 is 29.6 Å². The van der Waals surface area contributed by atoms with Gasteiger partial charge >= 0.3 is 6.18 Å². The van der Waals surface area contributed by atoms with Crippen molar-refractivity contribution in [2.45, 2.75) is 55.4 Å². The van der Waals surface area contributed by atoms with E-state index in [1.54, 1.807) is 18.2 Å². The van der Waals surface area contributed by atoms with Crippen LogP contribution in [0.2, 0.25) is 0 Å². The van der Waals surface area contributed by atoms with Crippen molar-refractivity contribution in [2.24, 2.45) is 10.6 Å². The van der Waals surface area contributed by atoms with Crippen LogP contribution < -0.4 is 20.5 Å². The Balaban J connectivity index is 1.16. The Morgan fingerprint density at radius 1 is 1.07 bits per heavy atom. The molecule has 1 spiro atoms. The van der Waals surface area contributed by atoms with Crippen LogP contribution in [0.15, 0.2) is 47.4 Å². The van der Waals surface area contributed by atoms with E-state index in [1.165, 1.54) is 12.1 Å². The van der Waals surface area contributed by atoms with Crippen molar-refractivity contribution in [3.8, 4) is 17.6 Å². The Morgan fingerprint density at radius 2 is 1.82 bits per heavy atom. The summed E-state index contributed by atoms with van der Waals surface area (Å²) in [6.45, 7) is 1.51. The van der Waals surface area contributed by atoms with Crippen molar-refractivity contribution in [3.05, 3.63) is 48.2 Å². The van der Waals surface area contributed by atoms with Crippen molar-refractivity contribution >= 4 is 32.3 Å². The molecule has 1 aromatic heterocycles. The number of anilines is 2. The van der Waals surface area contributed by atoms with Gasteiger partial charge in [0.1, 0.15) is 12.3 Å². The minimum absolute atomic E-state index is 0.0373. The van der Waals surface area contributed by atoms with Crippen molar-refractivity contribution in [1.29, 1.82) is 0 Å². The maximum atomic E-state index is 13.6. The van der Waals surface area contributed by atoms with E-state index in [9.17, 15) is 26.0 Å². The molecule has 2 aromatic carbocycles. The molecule has 9 nitrogen and oxygen atoms in total. The van der Waals surface area contributed by atoms with Crippen LogP contribution in [0.4, 0.5) is 28.9 Å². The zero-order valence-electron chi connectivity index (χ0n) is 24.5. The van der Waals surface area contributed by atoms with Gasteiger partial charge in [-0.15, -0.1) is 0 Å². The number of primary sulfonamides is 1. The second-order valence-corrected chi connectivity index (χ2v) is 13.7. The van der Waals surface area contributed by atoms with Crippen LogP contribution in [0.3, 0.4) is 0 Å². The van der Waals surface area contributed by atoms with Gasteiger partial charge in [0.25, 0.3) is 0 Å². The third kappa shape index (κ3) is 7.01. The van der Waals surface area contributed by atoms with Gasteiger partial charge in [0.05, 0.1) is 41.6 Å². The second-order valence-electron chi connectivity index (χ2n) is 12.1. The predicted molar refractivity (Wildman–Crippen MR) is 162 cm³/mol. The van der Waals surface area contributed by atoms with Gasteiger partial charge in [-0.3, -0.25) is 4.90 Å². The molecular formula is C31H35F4N5O4S. The Morgan fingerprint density at radius 3 is 2.47 bits per heavy atom. The number of benzene rings is 2. The largest absolute Gasteiger partial charge is 0.461 e. The van der Waals surface area contributed by atoms with Crippen molar-refractivity contribution in [2.75, 3.05) is 50.3 Å². The molecule has 3 aromatic rings. The number of ether oxygens (including phenoxy) is 2. The lowest BCUT2D eigenvalue weighted by Crippen LogP contribution is -2.68. The molecular weight excluding hydrogens is 614 g/mol. The summed E-state index contributed by atoms with van der Waals surface area (Å²) in [7, 11) is -4.04. The monoisotopic (exact) mass is 649 g/mol. The summed E-state index contributed by atoms with van der Waals surface area (Å²) in [5, 5.41) is 12.3. The van der Waals surface area contributed by atoms with Gasteiger partial charge in [0.2, 0.25) is 16.9 Å². The summed E-state index contributed by atoms with van der Waals surface area (Å²) in [4.78, 5) is 2.30. The highest BCUT2D eigenvalue weighted by Crippen LogP contribution is 2.41. The molecule has 1 saturated carbocycles. The van der Waals surface area contributed by atoms with Gasteiger partial charge in [0, 0.05) is 47.7 Å². The van der Waals surface area contributed by atoms with Crippen LogP contribution in [0.5, 0.6) is 5.75 Å². The zero-order valence-corrected chi connectivity index (χ0v) is 25.3. The van der Waals surface area contributed by atoms with E-state index in [0.29, 0.717) is 22.4 Å². The van der Waals surface area contributed by atoms with E-state index in [-0.39, 0.29) is 34.6 Å².